The number of rotatable bonds is 4. The number of hydrogen-bond donors (Lipinski definition) is 1. The molecule has 3 rings (SSSR count). The topological polar surface area (TPSA) is 47.6 Å². The van der Waals surface area contributed by atoms with E-state index in [1.165, 1.54) is 0 Å². The van der Waals surface area contributed by atoms with Crippen molar-refractivity contribution in [3.63, 3.8) is 0 Å². The number of carbonyl (C=O) groups excluding carboxylic acids is 1. The maximum absolute atomic E-state index is 12.2. The van der Waals surface area contributed by atoms with Crippen LogP contribution < -0.4 is 14.8 Å². The molecule has 0 bridgehead atoms. The van der Waals surface area contributed by atoms with Gasteiger partial charge in [0.2, 0.25) is 5.91 Å². The van der Waals surface area contributed by atoms with Crippen LogP contribution in [0.15, 0.2) is 36.4 Å². The van der Waals surface area contributed by atoms with E-state index in [2.05, 4.69) is 5.32 Å². The predicted molar refractivity (Wildman–Crippen MR) is 94.1 cm³/mol. The zero-order valence-electron chi connectivity index (χ0n) is 13.0. The predicted octanol–water partition coefficient (Wildman–Crippen LogP) is 4.01. The van der Waals surface area contributed by atoms with Crippen LogP contribution in [0, 0.1) is 0 Å². The number of hydrogen-bond acceptors (Lipinski definition) is 3. The van der Waals surface area contributed by atoms with E-state index in [1.807, 2.05) is 24.3 Å². The molecule has 0 aliphatic carbocycles. The van der Waals surface area contributed by atoms with Crippen molar-refractivity contribution in [3.05, 3.63) is 57.6 Å². The van der Waals surface area contributed by atoms with Crippen LogP contribution in [0.5, 0.6) is 11.5 Å². The molecular formula is C18H17Cl2NO3. The molecule has 1 amide bonds. The van der Waals surface area contributed by atoms with Gasteiger partial charge in [-0.3, -0.25) is 4.79 Å². The second kappa shape index (κ2) is 7.77. The van der Waals surface area contributed by atoms with Crippen LogP contribution in [0.3, 0.4) is 0 Å². The maximum atomic E-state index is 12.2. The van der Waals surface area contributed by atoms with Gasteiger partial charge in [-0.05, 0) is 35.4 Å². The Labute approximate surface area is 150 Å². The standard InChI is InChI=1S/C18H17Cl2NO3/c19-14-4-1-3-12(7-14)11-21-17(22)10-13-8-15(20)18-16(9-13)23-5-2-6-24-18/h1,3-4,7-9H,2,5-6,10-11H2,(H,21,22). The van der Waals surface area contributed by atoms with Gasteiger partial charge in [0, 0.05) is 18.0 Å². The monoisotopic (exact) mass is 365 g/mol. The molecule has 2 aromatic carbocycles. The lowest BCUT2D eigenvalue weighted by molar-refractivity contribution is -0.120. The number of amides is 1. The molecule has 0 unspecified atom stereocenters. The van der Waals surface area contributed by atoms with Gasteiger partial charge >= 0.3 is 0 Å². The number of fused-ring (bicyclic) bond motifs is 1. The van der Waals surface area contributed by atoms with Gasteiger partial charge in [0.05, 0.1) is 24.7 Å². The van der Waals surface area contributed by atoms with Crippen molar-refractivity contribution < 1.29 is 14.3 Å². The molecule has 1 heterocycles. The van der Waals surface area contributed by atoms with Gasteiger partial charge in [-0.15, -0.1) is 0 Å². The minimum atomic E-state index is -0.0967. The van der Waals surface area contributed by atoms with Crippen LogP contribution in [-0.4, -0.2) is 19.1 Å². The minimum absolute atomic E-state index is 0.0967. The van der Waals surface area contributed by atoms with Crippen LogP contribution >= 0.6 is 23.2 Å². The lowest BCUT2D eigenvalue weighted by Crippen LogP contribution is -2.24. The van der Waals surface area contributed by atoms with Crippen molar-refractivity contribution in [2.24, 2.45) is 0 Å². The van der Waals surface area contributed by atoms with Crippen LogP contribution in [0.2, 0.25) is 10.0 Å². The van der Waals surface area contributed by atoms with Crippen molar-refractivity contribution in [3.8, 4) is 11.5 Å². The summed E-state index contributed by atoms with van der Waals surface area (Å²) in [5.41, 5.74) is 1.74. The summed E-state index contributed by atoms with van der Waals surface area (Å²) in [5, 5.41) is 3.99. The molecule has 6 heteroatoms. The highest BCUT2D eigenvalue weighted by Crippen LogP contribution is 2.38. The summed E-state index contributed by atoms with van der Waals surface area (Å²) in [6.45, 7) is 1.58. The second-order valence-electron chi connectivity index (χ2n) is 5.54. The van der Waals surface area contributed by atoms with E-state index in [0.717, 1.165) is 17.5 Å². The number of carbonyl (C=O) groups is 1. The van der Waals surface area contributed by atoms with E-state index in [1.54, 1.807) is 12.1 Å². The summed E-state index contributed by atoms with van der Waals surface area (Å²) >= 11 is 12.2. The second-order valence-corrected chi connectivity index (χ2v) is 6.38. The Morgan fingerprint density at radius 2 is 1.92 bits per heavy atom. The molecule has 126 valence electrons. The van der Waals surface area contributed by atoms with E-state index in [0.29, 0.717) is 41.3 Å². The van der Waals surface area contributed by atoms with Gasteiger partial charge < -0.3 is 14.8 Å². The van der Waals surface area contributed by atoms with Gasteiger partial charge in [0.15, 0.2) is 11.5 Å². The first-order valence-electron chi connectivity index (χ1n) is 7.71. The summed E-state index contributed by atoms with van der Waals surface area (Å²) in [6.07, 6.45) is 1.03. The van der Waals surface area contributed by atoms with Crippen molar-refractivity contribution in [2.45, 2.75) is 19.4 Å². The molecule has 0 saturated heterocycles. The Bertz CT molecular complexity index is 749. The Morgan fingerprint density at radius 3 is 2.75 bits per heavy atom. The van der Waals surface area contributed by atoms with Crippen LogP contribution in [0.1, 0.15) is 17.5 Å². The maximum Gasteiger partial charge on any atom is 0.224 e. The third-order valence-corrected chi connectivity index (χ3v) is 4.12. The summed E-state index contributed by atoms with van der Waals surface area (Å²) < 4.78 is 11.2. The van der Waals surface area contributed by atoms with Gasteiger partial charge in [-0.2, -0.15) is 0 Å². The molecule has 0 saturated carbocycles. The smallest absolute Gasteiger partial charge is 0.224 e. The molecule has 0 aromatic heterocycles. The molecule has 1 aliphatic heterocycles. The van der Waals surface area contributed by atoms with Crippen LogP contribution in [0.25, 0.3) is 0 Å². The highest BCUT2D eigenvalue weighted by atomic mass is 35.5. The molecule has 4 nitrogen and oxygen atoms in total. The fraction of sp³-hybridized carbons (Fsp3) is 0.278. The Balaban J connectivity index is 1.64. The first-order valence-corrected chi connectivity index (χ1v) is 8.46. The molecule has 1 N–H and O–H groups in total. The zero-order chi connectivity index (χ0) is 16.9. The van der Waals surface area contributed by atoms with E-state index < -0.39 is 0 Å². The van der Waals surface area contributed by atoms with E-state index in [-0.39, 0.29) is 12.3 Å². The number of ether oxygens (including phenoxy) is 2. The highest BCUT2D eigenvalue weighted by Gasteiger charge is 2.16. The summed E-state index contributed by atoms with van der Waals surface area (Å²) in [5.74, 6) is 1.05. The van der Waals surface area contributed by atoms with E-state index >= 15 is 0 Å². The van der Waals surface area contributed by atoms with Crippen molar-refractivity contribution >= 4 is 29.1 Å². The highest BCUT2D eigenvalue weighted by molar-refractivity contribution is 6.32. The largest absolute Gasteiger partial charge is 0.489 e. The lowest BCUT2D eigenvalue weighted by Gasteiger charge is -2.12. The molecular weight excluding hydrogens is 349 g/mol. The first-order chi connectivity index (χ1) is 11.6. The van der Waals surface area contributed by atoms with Gasteiger partial charge in [0.1, 0.15) is 0 Å². The quantitative estimate of drug-likeness (QED) is 0.889. The molecule has 0 spiro atoms. The fourth-order valence-corrected chi connectivity index (χ4v) is 2.98. The molecule has 1 aliphatic rings. The summed E-state index contributed by atoms with van der Waals surface area (Å²) in [6, 6.07) is 10.9. The van der Waals surface area contributed by atoms with Gasteiger partial charge in [-0.25, -0.2) is 0 Å². The summed E-state index contributed by atoms with van der Waals surface area (Å²) in [7, 11) is 0. The summed E-state index contributed by atoms with van der Waals surface area (Å²) in [4.78, 5) is 12.2. The zero-order valence-corrected chi connectivity index (χ0v) is 14.5. The van der Waals surface area contributed by atoms with Gasteiger partial charge in [-0.1, -0.05) is 35.3 Å². The SMILES string of the molecule is O=C(Cc1cc(Cl)c2c(c1)OCCCO2)NCc1cccc(Cl)c1. The Hall–Kier alpha value is -1.91. The number of benzene rings is 2. The Kier molecular flexibility index (Phi) is 5.48. The number of nitrogens with one attached hydrogen (secondary N) is 1. The molecule has 0 radical (unpaired) electrons. The van der Waals surface area contributed by atoms with Gasteiger partial charge in [0.25, 0.3) is 0 Å². The average Bonchev–Trinajstić information content (AvgIpc) is 2.79. The van der Waals surface area contributed by atoms with E-state index in [4.69, 9.17) is 32.7 Å². The normalized spacial score (nSPS) is 13.2. The molecule has 0 atom stereocenters. The van der Waals surface area contributed by atoms with Crippen molar-refractivity contribution in [2.75, 3.05) is 13.2 Å². The molecule has 0 fully saturated rings. The van der Waals surface area contributed by atoms with E-state index in [9.17, 15) is 4.79 Å². The third kappa shape index (κ3) is 4.34. The number of halogens is 2. The first kappa shape index (κ1) is 16.9. The van der Waals surface area contributed by atoms with Crippen molar-refractivity contribution in [1.29, 1.82) is 0 Å². The third-order valence-electron chi connectivity index (χ3n) is 3.61. The lowest BCUT2D eigenvalue weighted by atomic mass is 10.1. The minimum Gasteiger partial charge on any atom is -0.489 e. The van der Waals surface area contributed by atoms with Crippen LogP contribution in [-0.2, 0) is 17.8 Å². The van der Waals surface area contributed by atoms with Crippen LogP contribution in [0.4, 0.5) is 0 Å². The molecule has 24 heavy (non-hydrogen) atoms. The molecule has 2 aromatic rings. The Morgan fingerprint density at radius 1 is 1.08 bits per heavy atom. The fourth-order valence-electron chi connectivity index (χ4n) is 2.48. The van der Waals surface area contributed by atoms with Crippen molar-refractivity contribution in [1.82, 2.24) is 5.32 Å². The average molecular weight is 366 g/mol.